The fraction of sp³-hybridized carbons (Fsp3) is 0.167. The van der Waals surface area contributed by atoms with Gasteiger partial charge in [-0.15, -0.1) is 11.6 Å². The van der Waals surface area contributed by atoms with Crippen LogP contribution in [0.5, 0.6) is 0 Å². The number of benzene rings is 1. The molecule has 1 rings (SSSR count). The molecule has 0 aromatic heterocycles. The summed E-state index contributed by atoms with van der Waals surface area (Å²) in [6, 6.07) is 9.14. The fourth-order valence-corrected chi connectivity index (χ4v) is 1.26. The van der Waals surface area contributed by atoms with Gasteiger partial charge in [0, 0.05) is 5.56 Å². The van der Waals surface area contributed by atoms with E-state index in [1.807, 2.05) is 24.3 Å². The van der Waals surface area contributed by atoms with Crippen LogP contribution in [-0.4, -0.2) is 11.7 Å². The third kappa shape index (κ3) is 3.57. The van der Waals surface area contributed by atoms with Gasteiger partial charge in [0.15, 0.2) is 5.78 Å². The summed E-state index contributed by atoms with van der Waals surface area (Å²) in [7, 11) is 0. The SMILES string of the molecule is N#CCC=Cc1ccc(C(=O)CCl)cc1. The Morgan fingerprint density at radius 2 is 2.07 bits per heavy atom. The van der Waals surface area contributed by atoms with Gasteiger partial charge in [0.2, 0.25) is 0 Å². The first-order valence-electron chi connectivity index (χ1n) is 4.50. The second kappa shape index (κ2) is 6.00. The van der Waals surface area contributed by atoms with E-state index in [1.54, 1.807) is 18.2 Å². The highest BCUT2D eigenvalue weighted by Crippen LogP contribution is 2.07. The van der Waals surface area contributed by atoms with Crippen molar-refractivity contribution in [2.45, 2.75) is 6.42 Å². The molecule has 0 saturated carbocycles. The van der Waals surface area contributed by atoms with Crippen molar-refractivity contribution in [3.05, 3.63) is 41.5 Å². The van der Waals surface area contributed by atoms with Crippen molar-refractivity contribution >= 4 is 23.5 Å². The lowest BCUT2D eigenvalue weighted by Gasteiger charge is -1.97. The van der Waals surface area contributed by atoms with Crippen LogP contribution in [0.4, 0.5) is 0 Å². The van der Waals surface area contributed by atoms with Crippen molar-refractivity contribution in [1.82, 2.24) is 0 Å². The average molecular weight is 220 g/mol. The lowest BCUT2D eigenvalue weighted by molar-refractivity contribution is 0.102. The number of nitrogens with zero attached hydrogens (tertiary/aromatic N) is 1. The Kier molecular flexibility index (Phi) is 4.59. The maximum Gasteiger partial charge on any atom is 0.177 e. The number of carbonyl (C=O) groups is 1. The molecule has 76 valence electrons. The first-order valence-corrected chi connectivity index (χ1v) is 5.04. The van der Waals surface area contributed by atoms with E-state index < -0.39 is 0 Å². The maximum absolute atomic E-state index is 11.2. The Hall–Kier alpha value is -1.59. The zero-order chi connectivity index (χ0) is 11.1. The topological polar surface area (TPSA) is 40.9 Å². The molecule has 0 radical (unpaired) electrons. The molecule has 0 bridgehead atoms. The number of ketones is 1. The molecule has 0 atom stereocenters. The highest BCUT2D eigenvalue weighted by atomic mass is 35.5. The van der Waals surface area contributed by atoms with Gasteiger partial charge in [0.05, 0.1) is 18.4 Å². The minimum atomic E-state index is -0.0794. The molecule has 1 aromatic rings. The normalized spacial score (nSPS) is 10.1. The van der Waals surface area contributed by atoms with Crippen molar-refractivity contribution < 1.29 is 4.79 Å². The van der Waals surface area contributed by atoms with E-state index in [9.17, 15) is 4.79 Å². The van der Waals surface area contributed by atoms with Gasteiger partial charge < -0.3 is 0 Å². The van der Waals surface area contributed by atoms with E-state index in [0.29, 0.717) is 12.0 Å². The summed E-state index contributed by atoms with van der Waals surface area (Å²) < 4.78 is 0. The first-order chi connectivity index (χ1) is 7.27. The zero-order valence-corrected chi connectivity index (χ0v) is 8.87. The standard InChI is InChI=1S/C12H10ClNO/c13-9-12(15)11-6-4-10(5-7-11)3-1-2-8-14/h1,3-7H,2,9H2. The van der Waals surface area contributed by atoms with Gasteiger partial charge in [-0.25, -0.2) is 0 Å². The summed E-state index contributed by atoms with van der Waals surface area (Å²) in [6.45, 7) is 0. The van der Waals surface area contributed by atoms with Crippen molar-refractivity contribution in [1.29, 1.82) is 5.26 Å². The van der Waals surface area contributed by atoms with Crippen LogP contribution in [0.25, 0.3) is 6.08 Å². The lowest BCUT2D eigenvalue weighted by Crippen LogP contribution is -1.99. The summed E-state index contributed by atoms with van der Waals surface area (Å²) >= 11 is 5.43. The smallest absolute Gasteiger partial charge is 0.177 e. The van der Waals surface area contributed by atoms with Gasteiger partial charge in [-0.1, -0.05) is 36.4 Å². The molecule has 3 heteroatoms. The minimum Gasteiger partial charge on any atom is -0.293 e. The Balaban J connectivity index is 2.73. The Bertz CT molecular complexity index is 401. The molecular formula is C12H10ClNO. The predicted molar refractivity (Wildman–Crippen MR) is 60.8 cm³/mol. The van der Waals surface area contributed by atoms with Crippen molar-refractivity contribution in [3.63, 3.8) is 0 Å². The number of hydrogen-bond acceptors (Lipinski definition) is 2. The molecule has 15 heavy (non-hydrogen) atoms. The summed E-state index contributed by atoms with van der Waals surface area (Å²) in [5, 5.41) is 8.33. The number of Topliss-reactive ketones (excluding diaryl/α,β-unsaturated/α-hetero) is 1. The quantitative estimate of drug-likeness (QED) is 0.577. The molecule has 1 aromatic carbocycles. The number of halogens is 1. The largest absolute Gasteiger partial charge is 0.293 e. The van der Waals surface area contributed by atoms with Gasteiger partial charge >= 0.3 is 0 Å². The molecule has 2 nitrogen and oxygen atoms in total. The Labute approximate surface area is 93.8 Å². The number of alkyl halides is 1. The molecule has 0 aliphatic rings. The number of carbonyl (C=O) groups excluding carboxylic acids is 1. The van der Waals surface area contributed by atoms with E-state index >= 15 is 0 Å². The Morgan fingerprint density at radius 3 is 2.60 bits per heavy atom. The molecule has 0 aliphatic carbocycles. The highest BCUT2D eigenvalue weighted by molar-refractivity contribution is 6.30. The number of hydrogen-bond donors (Lipinski definition) is 0. The van der Waals surface area contributed by atoms with Gasteiger partial charge in [0.1, 0.15) is 0 Å². The van der Waals surface area contributed by atoms with Crippen LogP contribution in [-0.2, 0) is 0 Å². The molecule has 0 unspecified atom stereocenters. The highest BCUT2D eigenvalue weighted by Gasteiger charge is 2.01. The van der Waals surface area contributed by atoms with Gasteiger partial charge in [-0.05, 0) is 5.56 Å². The van der Waals surface area contributed by atoms with Gasteiger partial charge in [-0.2, -0.15) is 5.26 Å². The van der Waals surface area contributed by atoms with Gasteiger partial charge in [0.25, 0.3) is 0 Å². The van der Waals surface area contributed by atoms with Crippen molar-refractivity contribution in [2.24, 2.45) is 0 Å². The summed E-state index contributed by atoms with van der Waals surface area (Å²) in [6.07, 6.45) is 4.01. The number of allylic oxidation sites excluding steroid dienone is 1. The molecule has 0 fully saturated rings. The average Bonchev–Trinajstić information content (AvgIpc) is 2.29. The minimum absolute atomic E-state index is 0.00359. The van der Waals surface area contributed by atoms with Crippen LogP contribution < -0.4 is 0 Å². The first kappa shape index (κ1) is 11.5. The Morgan fingerprint density at radius 1 is 1.40 bits per heavy atom. The predicted octanol–water partition coefficient (Wildman–Crippen LogP) is 3.03. The van der Waals surface area contributed by atoms with Crippen LogP contribution in [0.2, 0.25) is 0 Å². The maximum atomic E-state index is 11.2. The van der Waals surface area contributed by atoms with Crippen molar-refractivity contribution in [2.75, 3.05) is 5.88 Å². The molecule has 0 heterocycles. The summed E-state index contributed by atoms with van der Waals surface area (Å²) in [5.41, 5.74) is 1.58. The summed E-state index contributed by atoms with van der Waals surface area (Å²) in [5.74, 6) is -0.0758. The molecular weight excluding hydrogens is 210 g/mol. The molecule has 0 amide bonds. The molecule has 0 saturated heterocycles. The third-order valence-corrected chi connectivity index (χ3v) is 2.12. The molecule has 0 aliphatic heterocycles. The summed E-state index contributed by atoms with van der Waals surface area (Å²) in [4.78, 5) is 11.2. The van der Waals surface area contributed by atoms with Crippen LogP contribution in [0.3, 0.4) is 0 Å². The van der Waals surface area contributed by atoms with Crippen molar-refractivity contribution in [3.8, 4) is 6.07 Å². The monoisotopic (exact) mass is 219 g/mol. The zero-order valence-electron chi connectivity index (χ0n) is 8.11. The second-order valence-electron chi connectivity index (χ2n) is 2.94. The molecule has 0 N–H and O–H groups in total. The fourth-order valence-electron chi connectivity index (χ4n) is 1.10. The van der Waals surface area contributed by atoms with Crippen LogP contribution in [0.1, 0.15) is 22.3 Å². The van der Waals surface area contributed by atoms with E-state index in [0.717, 1.165) is 5.56 Å². The van der Waals surface area contributed by atoms with E-state index in [4.69, 9.17) is 16.9 Å². The lowest BCUT2D eigenvalue weighted by atomic mass is 10.1. The van der Waals surface area contributed by atoms with E-state index in [-0.39, 0.29) is 11.7 Å². The van der Waals surface area contributed by atoms with Gasteiger partial charge in [-0.3, -0.25) is 4.79 Å². The van der Waals surface area contributed by atoms with E-state index in [2.05, 4.69) is 0 Å². The third-order valence-electron chi connectivity index (χ3n) is 1.87. The number of nitriles is 1. The van der Waals surface area contributed by atoms with E-state index in [1.165, 1.54) is 0 Å². The van der Waals surface area contributed by atoms with Crippen LogP contribution in [0, 0.1) is 11.3 Å². The second-order valence-corrected chi connectivity index (χ2v) is 3.21. The number of rotatable bonds is 4. The molecule has 0 spiro atoms. The van der Waals surface area contributed by atoms with Crippen LogP contribution in [0.15, 0.2) is 30.3 Å². The van der Waals surface area contributed by atoms with Crippen LogP contribution >= 0.6 is 11.6 Å².